The van der Waals surface area contributed by atoms with Gasteiger partial charge >= 0.3 is 5.97 Å². The maximum absolute atomic E-state index is 12.3. The lowest BCUT2D eigenvalue weighted by atomic mass is 9.85. The van der Waals surface area contributed by atoms with Gasteiger partial charge in [0.05, 0.1) is 12.2 Å². The van der Waals surface area contributed by atoms with Crippen molar-refractivity contribution in [3.05, 3.63) is 0 Å². The molecule has 0 aromatic heterocycles. The fraction of sp³-hybridized carbons (Fsp3) is 0.846. The highest BCUT2D eigenvalue weighted by Crippen LogP contribution is 2.26. The first kappa shape index (κ1) is 16.2. The topological polar surface area (TPSA) is 104 Å². The van der Waals surface area contributed by atoms with Crippen LogP contribution in [0.3, 0.4) is 0 Å². The number of nitrogens with zero attached hydrogens (tertiary/aromatic N) is 1. The lowest BCUT2D eigenvalue weighted by Crippen LogP contribution is -2.49. The van der Waals surface area contributed by atoms with Gasteiger partial charge in [0.25, 0.3) is 0 Å². The number of carboxylic acids is 1. The fourth-order valence-corrected chi connectivity index (χ4v) is 4.37. The molecule has 1 saturated carbocycles. The first-order chi connectivity index (χ1) is 9.79. The summed E-state index contributed by atoms with van der Waals surface area (Å²) in [4.78, 5) is 23.3. The second kappa shape index (κ2) is 6.31. The van der Waals surface area contributed by atoms with Gasteiger partial charge in [-0.3, -0.25) is 9.59 Å². The standard InChI is InChI=1S/C13H22N2O5S/c1-21(19,20)15-7-3-6-11(15)12(16)14-10-5-2-4-9(8-10)13(17)18/h9-11H,2-8H2,1H3,(H,14,16)(H,17,18). The average molecular weight is 318 g/mol. The average Bonchev–Trinajstić information content (AvgIpc) is 2.88. The van der Waals surface area contributed by atoms with E-state index < -0.39 is 28.0 Å². The quantitative estimate of drug-likeness (QED) is 0.769. The van der Waals surface area contributed by atoms with Gasteiger partial charge < -0.3 is 10.4 Å². The number of sulfonamides is 1. The summed E-state index contributed by atoms with van der Waals surface area (Å²) in [7, 11) is -3.38. The van der Waals surface area contributed by atoms with Crippen LogP contribution in [0, 0.1) is 5.92 Å². The summed E-state index contributed by atoms with van der Waals surface area (Å²) in [5.74, 6) is -1.54. The van der Waals surface area contributed by atoms with Gasteiger partial charge in [-0.1, -0.05) is 6.42 Å². The number of amides is 1. The zero-order valence-corrected chi connectivity index (χ0v) is 12.9. The molecule has 7 nitrogen and oxygen atoms in total. The summed E-state index contributed by atoms with van der Waals surface area (Å²) >= 11 is 0. The minimum atomic E-state index is -3.38. The van der Waals surface area contributed by atoms with Crippen molar-refractivity contribution in [2.24, 2.45) is 5.92 Å². The van der Waals surface area contributed by atoms with E-state index >= 15 is 0 Å². The zero-order valence-electron chi connectivity index (χ0n) is 12.1. The molecule has 0 aromatic rings. The van der Waals surface area contributed by atoms with E-state index in [-0.39, 0.29) is 11.9 Å². The van der Waals surface area contributed by atoms with E-state index in [1.54, 1.807) is 0 Å². The Labute approximate surface area is 124 Å². The normalized spacial score (nSPS) is 31.0. The highest BCUT2D eigenvalue weighted by molar-refractivity contribution is 7.88. The van der Waals surface area contributed by atoms with Gasteiger partial charge in [-0.2, -0.15) is 4.31 Å². The van der Waals surface area contributed by atoms with Gasteiger partial charge in [0.2, 0.25) is 15.9 Å². The van der Waals surface area contributed by atoms with E-state index in [1.165, 1.54) is 4.31 Å². The van der Waals surface area contributed by atoms with Gasteiger partial charge in [0.15, 0.2) is 0 Å². The molecular weight excluding hydrogens is 296 g/mol. The van der Waals surface area contributed by atoms with Crippen LogP contribution in [0.5, 0.6) is 0 Å². The molecular formula is C13H22N2O5S. The highest BCUT2D eigenvalue weighted by Gasteiger charge is 2.38. The molecule has 1 aliphatic heterocycles. The van der Waals surface area contributed by atoms with Gasteiger partial charge in [0.1, 0.15) is 6.04 Å². The van der Waals surface area contributed by atoms with Crippen molar-refractivity contribution in [1.82, 2.24) is 9.62 Å². The molecule has 2 N–H and O–H groups in total. The molecule has 3 unspecified atom stereocenters. The molecule has 1 amide bonds. The van der Waals surface area contributed by atoms with Crippen LogP contribution in [-0.4, -0.2) is 54.6 Å². The van der Waals surface area contributed by atoms with E-state index in [0.29, 0.717) is 32.2 Å². The number of carbonyl (C=O) groups is 2. The van der Waals surface area contributed by atoms with Crippen molar-refractivity contribution in [3.63, 3.8) is 0 Å². The molecule has 2 fully saturated rings. The van der Waals surface area contributed by atoms with Gasteiger partial charge in [-0.15, -0.1) is 0 Å². The first-order valence-corrected chi connectivity index (χ1v) is 9.14. The second-order valence-corrected chi connectivity index (χ2v) is 7.87. The molecule has 2 aliphatic rings. The van der Waals surface area contributed by atoms with Gasteiger partial charge in [0, 0.05) is 12.6 Å². The molecule has 21 heavy (non-hydrogen) atoms. The van der Waals surface area contributed by atoms with Crippen LogP contribution < -0.4 is 5.32 Å². The van der Waals surface area contributed by atoms with Gasteiger partial charge in [-0.05, 0) is 32.1 Å². The fourth-order valence-electron chi connectivity index (χ4n) is 3.24. The number of hydrogen-bond acceptors (Lipinski definition) is 4. The van der Waals surface area contributed by atoms with Crippen LogP contribution in [0.2, 0.25) is 0 Å². The second-order valence-electron chi connectivity index (χ2n) is 5.94. The van der Waals surface area contributed by atoms with Crippen molar-refractivity contribution in [1.29, 1.82) is 0 Å². The van der Waals surface area contributed by atoms with E-state index in [2.05, 4.69) is 5.32 Å². The molecule has 1 saturated heterocycles. The summed E-state index contributed by atoms with van der Waals surface area (Å²) in [6.07, 6.45) is 4.89. The third-order valence-corrected chi connectivity index (χ3v) is 5.59. The molecule has 0 bridgehead atoms. The first-order valence-electron chi connectivity index (χ1n) is 7.29. The maximum Gasteiger partial charge on any atom is 0.306 e. The van der Waals surface area contributed by atoms with Crippen LogP contribution >= 0.6 is 0 Å². The van der Waals surface area contributed by atoms with E-state index in [9.17, 15) is 18.0 Å². The third kappa shape index (κ3) is 3.94. The number of rotatable bonds is 4. The summed E-state index contributed by atoms with van der Waals surface area (Å²) in [5.41, 5.74) is 0. The Balaban J connectivity index is 1.96. The van der Waals surface area contributed by atoms with E-state index in [4.69, 9.17) is 5.11 Å². The van der Waals surface area contributed by atoms with Crippen LogP contribution in [0.25, 0.3) is 0 Å². The minimum Gasteiger partial charge on any atom is -0.481 e. The number of hydrogen-bond donors (Lipinski definition) is 2. The summed E-state index contributed by atoms with van der Waals surface area (Å²) in [6, 6.07) is -0.820. The molecule has 1 heterocycles. The Bertz CT molecular complexity index is 519. The number of carbonyl (C=O) groups excluding carboxylic acids is 1. The van der Waals surface area contributed by atoms with Crippen molar-refractivity contribution >= 4 is 21.9 Å². The Morgan fingerprint density at radius 2 is 1.90 bits per heavy atom. The van der Waals surface area contributed by atoms with Crippen LogP contribution in [0.1, 0.15) is 38.5 Å². The lowest BCUT2D eigenvalue weighted by molar-refractivity contribution is -0.143. The smallest absolute Gasteiger partial charge is 0.306 e. The Hall–Kier alpha value is -1.15. The zero-order chi connectivity index (χ0) is 15.6. The molecule has 0 aromatic carbocycles. The summed E-state index contributed by atoms with van der Waals surface area (Å²) in [5, 5.41) is 11.9. The van der Waals surface area contributed by atoms with Crippen molar-refractivity contribution < 1.29 is 23.1 Å². The molecule has 8 heteroatoms. The van der Waals surface area contributed by atoms with Crippen molar-refractivity contribution in [2.45, 2.75) is 50.6 Å². The predicted molar refractivity (Wildman–Crippen MR) is 76.1 cm³/mol. The Morgan fingerprint density at radius 1 is 1.19 bits per heavy atom. The molecule has 2 rings (SSSR count). The molecule has 0 radical (unpaired) electrons. The molecule has 3 atom stereocenters. The van der Waals surface area contributed by atoms with Crippen molar-refractivity contribution in [3.8, 4) is 0 Å². The van der Waals surface area contributed by atoms with Crippen LogP contribution in [0.4, 0.5) is 0 Å². The monoisotopic (exact) mass is 318 g/mol. The largest absolute Gasteiger partial charge is 0.481 e. The number of carboxylic acid groups (broad SMARTS) is 1. The van der Waals surface area contributed by atoms with Gasteiger partial charge in [-0.25, -0.2) is 8.42 Å². The Kier molecular flexibility index (Phi) is 4.88. The maximum atomic E-state index is 12.3. The molecule has 120 valence electrons. The number of nitrogens with one attached hydrogen (secondary N) is 1. The summed E-state index contributed by atoms with van der Waals surface area (Å²) < 4.78 is 24.5. The summed E-state index contributed by atoms with van der Waals surface area (Å²) in [6.45, 7) is 0.374. The SMILES string of the molecule is CS(=O)(=O)N1CCCC1C(=O)NC1CCCC(C(=O)O)C1. The molecule has 1 aliphatic carbocycles. The highest BCUT2D eigenvalue weighted by atomic mass is 32.2. The third-order valence-electron chi connectivity index (χ3n) is 4.30. The van der Waals surface area contributed by atoms with E-state index in [1.807, 2.05) is 0 Å². The van der Waals surface area contributed by atoms with Crippen LogP contribution in [-0.2, 0) is 19.6 Å². The van der Waals surface area contributed by atoms with Crippen LogP contribution in [0.15, 0.2) is 0 Å². The Morgan fingerprint density at radius 3 is 2.52 bits per heavy atom. The predicted octanol–water partition coefficient (Wildman–Crippen LogP) is 0.170. The number of aliphatic carboxylic acids is 1. The van der Waals surface area contributed by atoms with Crippen molar-refractivity contribution in [2.75, 3.05) is 12.8 Å². The lowest BCUT2D eigenvalue weighted by Gasteiger charge is -2.29. The molecule has 0 spiro atoms. The van der Waals surface area contributed by atoms with E-state index in [0.717, 1.165) is 19.1 Å². The minimum absolute atomic E-state index is 0.172.